The number of aryl methyl sites for hydroxylation is 1. The third-order valence-corrected chi connectivity index (χ3v) is 4.46. The lowest BCUT2D eigenvalue weighted by Crippen LogP contribution is -1.94. The number of rotatable bonds is 2. The highest BCUT2D eigenvalue weighted by atomic mass is 14.2. The molecule has 0 aliphatic heterocycles. The Hall–Kier alpha value is -2.34. The molecule has 0 saturated carbocycles. The van der Waals surface area contributed by atoms with E-state index in [2.05, 4.69) is 73.7 Å². The zero-order valence-corrected chi connectivity index (χ0v) is 12.3. The summed E-state index contributed by atoms with van der Waals surface area (Å²) in [6.07, 6.45) is 2.10. The van der Waals surface area contributed by atoms with Crippen molar-refractivity contribution in [3.05, 3.63) is 94.5 Å². The maximum absolute atomic E-state index is 2.28. The van der Waals surface area contributed by atoms with Gasteiger partial charge in [0.2, 0.25) is 0 Å². The molecule has 0 unspecified atom stereocenters. The van der Waals surface area contributed by atoms with Gasteiger partial charge in [0, 0.05) is 0 Å². The molecule has 0 spiro atoms. The summed E-state index contributed by atoms with van der Waals surface area (Å²) in [4.78, 5) is 0. The summed E-state index contributed by atoms with van der Waals surface area (Å²) in [6, 6.07) is 24.4. The first-order valence-corrected chi connectivity index (χ1v) is 7.56. The molecule has 0 aromatic heterocycles. The third-order valence-electron chi connectivity index (χ3n) is 4.46. The summed E-state index contributed by atoms with van der Waals surface area (Å²) in [5.41, 5.74) is 10.00. The molecule has 0 bridgehead atoms. The second-order valence-electron chi connectivity index (χ2n) is 5.94. The fraction of sp³-hybridized carbons (Fsp3) is 0.143. The van der Waals surface area contributed by atoms with Crippen LogP contribution in [0.1, 0.15) is 27.8 Å². The highest BCUT2D eigenvalue weighted by Gasteiger charge is 2.20. The van der Waals surface area contributed by atoms with E-state index in [-0.39, 0.29) is 0 Å². The van der Waals surface area contributed by atoms with Crippen LogP contribution < -0.4 is 0 Å². The van der Waals surface area contributed by atoms with Crippen LogP contribution in [0.2, 0.25) is 0 Å². The molecule has 21 heavy (non-hydrogen) atoms. The van der Waals surface area contributed by atoms with Crippen molar-refractivity contribution < 1.29 is 0 Å². The van der Waals surface area contributed by atoms with Crippen LogP contribution in [-0.2, 0) is 12.8 Å². The van der Waals surface area contributed by atoms with Crippen molar-refractivity contribution in [2.45, 2.75) is 19.8 Å². The second kappa shape index (κ2) is 4.89. The number of fused-ring (bicyclic) bond motifs is 3. The molecule has 0 fully saturated rings. The molecule has 0 heterocycles. The second-order valence-corrected chi connectivity index (χ2v) is 5.94. The standard InChI is InChI=1S/C21H18/c1-15-9-11-16(12-10-15)13-17-6-4-8-20-19-7-3-2-5-18(19)14-21(17)20/h2-12H,13-14H2,1H3. The fourth-order valence-electron chi connectivity index (χ4n) is 3.31. The molecule has 0 atom stereocenters. The van der Waals surface area contributed by atoms with Gasteiger partial charge in [-0.25, -0.2) is 0 Å². The third kappa shape index (κ3) is 2.17. The minimum absolute atomic E-state index is 1.03. The van der Waals surface area contributed by atoms with Crippen LogP contribution in [0, 0.1) is 6.92 Å². The van der Waals surface area contributed by atoms with E-state index in [0.717, 1.165) is 12.8 Å². The molecule has 0 N–H and O–H groups in total. The molecule has 0 saturated heterocycles. The van der Waals surface area contributed by atoms with Crippen LogP contribution in [0.25, 0.3) is 11.1 Å². The predicted molar refractivity (Wildman–Crippen MR) is 88.7 cm³/mol. The maximum Gasteiger partial charge on any atom is -0.00106 e. The van der Waals surface area contributed by atoms with Gasteiger partial charge in [-0.05, 0) is 53.1 Å². The first-order chi connectivity index (χ1) is 10.3. The van der Waals surface area contributed by atoms with Crippen LogP contribution >= 0.6 is 0 Å². The molecule has 3 aromatic rings. The summed E-state index contributed by atoms with van der Waals surface area (Å²) in [5, 5.41) is 0. The fourth-order valence-corrected chi connectivity index (χ4v) is 3.31. The SMILES string of the molecule is Cc1ccc(Cc2cccc3c2Cc2ccccc2-3)cc1. The minimum Gasteiger partial charge on any atom is -0.0619 e. The summed E-state index contributed by atoms with van der Waals surface area (Å²) >= 11 is 0. The molecule has 4 rings (SSSR count). The monoisotopic (exact) mass is 270 g/mol. The van der Waals surface area contributed by atoms with Gasteiger partial charge in [-0.2, -0.15) is 0 Å². The van der Waals surface area contributed by atoms with Gasteiger partial charge >= 0.3 is 0 Å². The maximum atomic E-state index is 2.28. The molecule has 1 aliphatic rings. The Bertz CT molecular complexity index is 795. The summed E-state index contributed by atoms with van der Waals surface area (Å²) in [5.74, 6) is 0. The largest absolute Gasteiger partial charge is 0.0619 e. The van der Waals surface area contributed by atoms with Crippen molar-refractivity contribution in [2.24, 2.45) is 0 Å². The Balaban J connectivity index is 1.74. The van der Waals surface area contributed by atoms with Crippen molar-refractivity contribution in [3.63, 3.8) is 0 Å². The average molecular weight is 270 g/mol. The normalized spacial score (nSPS) is 12.0. The molecule has 0 amide bonds. The van der Waals surface area contributed by atoms with E-state index in [1.165, 1.54) is 38.9 Å². The van der Waals surface area contributed by atoms with Crippen LogP contribution in [-0.4, -0.2) is 0 Å². The Kier molecular flexibility index (Phi) is 2.89. The van der Waals surface area contributed by atoms with Crippen molar-refractivity contribution in [3.8, 4) is 11.1 Å². The van der Waals surface area contributed by atoms with Crippen molar-refractivity contribution in [1.29, 1.82) is 0 Å². The van der Waals surface area contributed by atoms with Gasteiger partial charge in [0.05, 0.1) is 0 Å². The Labute approximate surface area is 126 Å². The minimum atomic E-state index is 1.03. The van der Waals surface area contributed by atoms with E-state index in [9.17, 15) is 0 Å². The molecule has 3 aromatic carbocycles. The molecular weight excluding hydrogens is 252 g/mol. The lowest BCUT2D eigenvalue weighted by molar-refractivity contribution is 1.12. The summed E-state index contributed by atoms with van der Waals surface area (Å²) < 4.78 is 0. The van der Waals surface area contributed by atoms with E-state index in [4.69, 9.17) is 0 Å². The Morgan fingerprint density at radius 1 is 0.762 bits per heavy atom. The summed E-state index contributed by atoms with van der Waals surface area (Å²) in [7, 11) is 0. The van der Waals surface area contributed by atoms with Gasteiger partial charge in [0.1, 0.15) is 0 Å². The molecule has 0 heteroatoms. The van der Waals surface area contributed by atoms with Gasteiger partial charge in [-0.3, -0.25) is 0 Å². The quantitative estimate of drug-likeness (QED) is 0.472. The first kappa shape index (κ1) is 12.4. The lowest BCUT2D eigenvalue weighted by Gasteiger charge is -2.09. The predicted octanol–water partition coefficient (Wildman–Crippen LogP) is 5.16. The van der Waals surface area contributed by atoms with Crippen molar-refractivity contribution >= 4 is 0 Å². The van der Waals surface area contributed by atoms with Gasteiger partial charge in [-0.15, -0.1) is 0 Å². The molecule has 0 radical (unpaired) electrons. The lowest BCUT2D eigenvalue weighted by atomic mass is 9.96. The number of hydrogen-bond donors (Lipinski definition) is 0. The zero-order valence-electron chi connectivity index (χ0n) is 12.3. The van der Waals surface area contributed by atoms with E-state index < -0.39 is 0 Å². The van der Waals surface area contributed by atoms with E-state index in [0.29, 0.717) is 0 Å². The van der Waals surface area contributed by atoms with Crippen LogP contribution in [0.5, 0.6) is 0 Å². The number of benzene rings is 3. The van der Waals surface area contributed by atoms with Gasteiger partial charge in [0.15, 0.2) is 0 Å². The average Bonchev–Trinajstić information content (AvgIpc) is 2.89. The van der Waals surface area contributed by atoms with Crippen molar-refractivity contribution in [1.82, 2.24) is 0 Å². The smallest absolute Gasteiger partial charge is 0.00106 e. The number of hydrogen-bond acceptors (Lipinski definition) is 0. The van der Waals surface area contributed by atoms with Crippen LogP contribution in [0.4, 0.5) is 0 Å². The van der Waals surface area contributed by atoms with E-state index >= 15 is 0 Å². The molecule has 0 nitrogen and oxygen atoms in total. The topological polar surface area (TPSA) is 0 Å². The van der Waals surface area contributed by atoms with Crippen LogP contribution in [0.3, 0.4) is 0 Å². The van der Waals surface area contributed by atoms with Crippen molar-refractivity contribution in [2.75, 3.05) is 0 Å². The van der Waals surface area contributed by atoms with Gasteiger partial charge in [0.25, 0.3) is 0 Å². The molecular formula is C21H18. The zero-order chi connectivity index (χ0) is 14.2. The van der Waals surface area contributed by atoms with E-state index in [1.807, 2.05) is 0 Å². The van der Waals surface area contributed by atoms with Gasteiger partial charge in [-0.1, -0.05) is 72.3 Å². The highest BCUT2D eigenvalue weighted by molar-refractivity contribution is 5.78. The Morgan fingerprint density at radius 3 is 2.38 bits per heavy atom. The summed E-state index contributed by atoms with van der Waals surface area (Å²) in [6.45, 7) is 2.14. The molecule has 1 aliphatic carbocycles. The van der Waals surface area contributed by atoms with Crippen LogP contribution in [0.15, 0.2) is 66.7 Å². The Morgan fingerprint density at radius 2 is 1.52 bits per heavy atom. The first-order valence-electron chi connectivity index (χ1n) is 7.56. The van der Waals surface area contributed by atoms with Gasteiger partial charge < -0.3 is 0 Å². The molecule has 102 valence electrons. The highest BCUT2D eigenvalue weighted by Crippen LogP contribution is 2.38. The van der Waals surface area contributed by atoms with E-state index in [1.54, 1.807) is 0 Å².